The van der Waals surface area contributed by atoms with Crippen molar-refractivity contribution in [1.29, 1.82) is 0 Å². The number of guanidine groups is 1. The van der Waals surface area contributed by atoms with E-state index in [0.29, 0.717) is 13.2 Å². The molecule has 4 heteroatoms. The summed E-state index contributed by atoms with van der Waals surface area (Å²) in [6.07, 6.45) is 0. The Morgan fingerprint density at radius 1 is 1.21 bits per heavy atom. The Bertz CT molecular complexity index is 391. The van der Waals surface area contributed by atoms with Gasteiger partial charge in [-0.05, 0) is 31.9 Å². The first-order valence-corrected chi connectivity index (χ1v) is 6.92. The zero-order chi connectivity index (χ0) is 13.9. The zero-order valence-electron chi connectivity index (χ0n) is 12.2. The van der Waals surface area contributed by atoms with Crippen molar-refractivity contribution in [3.8, 4) is 0 Å². The predicted octanol–water partition coefficient (Wildman–Crippen LogP) is 2.09. The van der Waals surface area contributed by atoms with Gasteiger partial charge in [-0.25, -0.2) is 4.99 Å². The van der Waals surface area contributed by atoms with Crippen molar-refractivity contribution in [2.24, 2.45) is 4.99 Å². The highest BCUT2D eigenvalue weighted by atomic mass is 16.5. The van der Waals surface area contributed by atoms with Crippen LogP contribution in [0.1, 0.15) is 25.0 Å². The number of benzene rings is 1. The van der Waals surface area contributed by atoms with Crippen LogP contribution in [-0.2, 0) is 11.3 Å². The van der Waals surface area contributed by atoms with Crippen LogP contribution in [0, 0.1) is 6.92 Å². The van der Waals surface area contributed by atoms with Crippen molar-refractivity contribution < 1.29 is 4.74 Å². The highest BCUT2D eigenvalue weighted by Crippen LogP contribution is 2.07. The van der Waals surface area contributed by atoms with Crippen LogP contribution in [0.15, 0.2) is 29.3 Å². The standard InChI is InChI=1S/C15H25N3O/c1-4-16-15(17-10-11-19-5-2)18-12-14-9-7-6-8-13(14)3/h6-9H,4-5,10-12H2,1-3H3,(H2,16,17,18). The van der Waals surface area contributed by atoms with Gasteiger partial charge in [0.15, 0.2) is 5.96 Å². The maximum absolute atomic E-state index is 5.30. The first-order valence-electron chi connectivity index (χ1n) is 6.92. The normalized spacial score (nSPS) is 11.4. The number of rotatable bonds is 7. The van der Waals surface area contributed by atoms with Crippen LogP contribution in [0.4, 0.5) is 0 Å². The predicted molar refractivity (Wildman–Crippen MR) is 80.5 cm³/mol. The van der Waals surface area contributed by atoms with E-state index in [2.05, 4.69) is 41.6 Å². The van der Waals surface area contributed by atoms with Gasteiger partial charge in [0.05, 0.1) is 13.2 Å². The molecule has 0 heterocycles. The van der Waals surface area contributed by atoms with Crippen molar-refractivity contribution in [2.45, 2.75) is 27.3 Å². The molecule has 0 fully saturated rings. The van der Waals surface area contributed by atoms with Crippen LogP contribution < -0.4 is 10.6 Å². The monoisotopic (exact) mass is 263 g/mol. The third-order valence-corrected chi connectivity index (χ3v) is 2.76. The number of ether oxygens (including phenoxy) is 1. The van der Waals surface area contributed by atoms with Crippen molar-refractivity contribution >= 4 is 5.96 Å². The van der Waals surface area contributed by atoms with Crippen LogP contribution in [0.3, 0.4) is 0 Å². The summed E-state index contributed by atoms with van der Waals surface area (Å²) in [6, 6.07) is 8.32. The fourth-order valence-electron chi connectivity index (χ4n) is 1.68. The van der Waals surface area contributed by atoms with Crippen molar-refractivity contribution in [3.05, 3.63) is 35.4 Å². The van der Waals surface area contributed by atoms with Gasteiger partial charge < -0.3 is 15.4 Å². The van der Waals surface area contributed by atoms with Gasteiger partial charge in [-0.1, -0.05) is 24.3 Å². The Labute approximate surface area is 116 Å². The minimum atomic E-state index is 0.691. The molecule has 19 heavy (non-hydrogen) atoms. The van der Waals surface area contributed by atoms with Gasteiger partial charge in [-0.2, -0.15) is 0 Å². The summed E-state index contributed by atoms with van der Waals surface area (Å²) in [5, 5.41) is 6.49. The Balaban J connectivity index is 2.50. The van der Waals surface area contributed by atoms with E-state index in [0.717, 1.165) is 25.7 Å². The van der Waals surface area contributed by atoms with Gasteiger partial charge >= 0.3 is 0 Å². The summed E-state index contributed by atoms with van der Waals surface area (Å²) < 4.78 is 5.30. The van der Waals surface area contributed by atoms with Crippen LogP contribution in [0.2, 0.25) is 0 Å². The number of nitrogens with zero attached hydrogens (tertiary/aromatic N) is 1. The van der Waals surface area contributed by atoms with E-state index in [1.54, 1.807) is 0 Å². The smallest absolute Gasteiger partial charge is 0.191 e. The third-order valence-electron chi connectivity index (χ3n) is 2.76. The van der Waals surface area contributed by atoms with Gasteiger partial charge in [0, 0.05) is 19.7 Å². The number of aliphatic imine (C=N–C) groups is 1. The van der Waals surface area contributed by atoms with E-state index in [4.69, 9.17) is 4.74 Å². The molecule has 0 saturated carbocycles. The molecule has 2 N–H and O–H groups in total. The molecule has 0 spiro atoms. The molecule has 0 unspecified atom stereocenters. The second-order valence-electron chi connectivity index (χ2n) is 4.25. The molecule has 1 rings (SSSR count). The average molecular weight is 263 g/mol. The van der Waals surface area contributed by atoms with E-state index in [9.17, 15) is 0 Å². The van der Waals surface area contributed by atoms with Gasteiger partial charge in [0.25, 0.3) is 0 Å². The zero-order valence-corrected chi connectivity index (χ0v) is 12.2. The minimum absolute atomic E-state index is 0.691. The summed E-state index contributed by atoms with van der Waals surface area (Å²) in [5.41, 5.74) is 2.53. The quantitative estimate of drug-likeness (QED) is 0.450. The fourth-order valence-corrected chi connectivity index (χ4v) is 1.68. The Morgan fingerprint density at radius 3 is 2.68 bits per heavy atom. The lowest BCUT2D eigenvalue weighted by atomic mass is 10.1. The molecule has 0 atom stereocenters. The van der Waals surface area contributed by atoms with Crippen molar-refractivity contribution in [1.82, 2.24) is 10.6 Å². The molecule has 0 aliphatic carbocycles. The second-order valence-corrected chi connectivity index (χ2v) is 4.25. The maximum atomic E-state index is 5.30. The molecule has 0 aliphatic heterocycles. The fraction of sp³-hybridized carbons (Fsp3) is 0.533. The van der Waals surface area contributed by atoms with Gasteiger partial charge in [0.1, 0.15) is 0 Å². The summed E-state index contributed by atoms with van der Waals surface area (Å²) >= 11 is 0. The lowest BCUT2D eigenvalue weighted by Gasteiger charge is -2.11. The molecular weight excluding hydrogens is 238 g/mol. The topological polar surface area (TPSA) is 45.7 Å². The highest BCUT2D eigenvalue weighted by Gasteiger charge is 1.99. The van der Waals surface area contributed by atoms with E-state index < -0.39 is 0 Å². The highest BCUT2D eigenvalue weighted by molar-refractivity contribution is 5.79. The largest absolute Gasteiger partial charge is 0.380 e. The summed E-state index contributed by atoms with van der Waals surface area (Å²) in [6.45, 7) is 9.94. The number of hydrogen-bond donors (Lipinski definition) is 2. The van der Waals surface area contributed by atoms with E-state index in [-0.39, 0.29) is 0 Å². The molecule has 4 nitrogen and oxygen atoms in total. The molecule has 1 aromatic rings. The number of hydrogen-bond acceptors (Lipinski definition) is 2. The average Bonchev–Trinajstić information content (AvgIpc) is 2.42. The number of aryl methyl sites for hydroxylation is 1. The maximum Gasteiger partial charge on any atom is 0.191 e. The van der Waals surface area contributed by atoms with Crippen LogP contribution in [-0.4, -0.2) is 32.3 Å². The molecule has 0 aromatic heterocycles. The molecule has 0 bridgehead atoms. The molecular formula is C15H25N3O. The van der Waals surface area contributed by atoms with E-state index >= 15 is 0 Å². The Hall–Kier alpha value is -1.55. The first kappa shape index (κ1) is 15.5. The minimum Gasteiger partial charge on any atom is -0.380 e. The van der Waals surface area contributed by atoms with Crippen LogP contribution >= 0.6 is 0 Å². The molecule has 0 radical (unpaired) electrons. The molecule has 1 aromatic carbocycles. The summed E-state index contributed by atoms with van der Waals surface area (Å²) in [7, 11) is 0. The summed E-state index contributed by atoms with van der Waals surface area (Å²) in [4.78, 5) is 4.58. The molecule has 0 aliphatic rings. The van der Waals surface area contributed by atoms with Crippen molar-refractivity contribution in [3.63, 3.8) is 0 Å². The summed E-state index contributed by atoms with van der Waals surface area (Å²) in [5.74, 6) is 0.838. The Kier molecular flexibility index (Phi) is 7.66. The SMILES string of the molecule is CCNC(=NCc1ccccc1C)NCCOCC. The van der Waals surface area contributed by atoms with Crippen LogP contribution in [0.25, 0.3) is 0 Å². The van der Waals surface area contributed by atoms with Crippen LogP contribution in [0.5, 0.6) is 0 Å². The molecule has 106 valence electrons. The second kappa shape index (κ2) is 9.39. The van der Waals surface area contributed by atoms with Gasteiger partial charge in [0.2, 0.25) is 0 Å². The van der Waals surface area contributed by atoms with Crippen molar-refractivity contribution in [2.75, 3.05) is 26.3 Å². The molecule has 0 saturated heterocycles. The van der Waals surface area contributed by atoms with Gasteiger partial charge in [-0.3, -0.25) is 0 Å². The van der Waals surface area contributed by atoms with E-state index in [1.165, 1.54) is 11.1 Å². The van der Waals surface area contributed by atoms with Gasteiger partial charge in [-0.15, -0.1) is 0 Å². The lowest BCUT2D eigenvalue weighted by molar-refractivity contribution is 0.152. The van der Waals surface area contributed by atoms with E-state index in [1.807, 2.05) is 19.1 Å². The third kappa shape index (κ3) is 6.25. The number of nitrogens with one attached hydrogen (secondary N) is 2. The lowest BCUT2D eigenvalue weighted by Crippen LogP contribution is -2.39. The molecule has 0 amide bonds. The Morgan fingerprint density at radius 2 is 2.00 bits per heavy atom. The first-order chi connectivity index (χ1) is 9.27.